The van der Waals surface area contributed by atoms with Crippen LogP contribution in [0.5, 0.6) is 0 Å². The molecule has 3 heterocycles. The minimum atomic E-state index is 0.460. The highest BCUT2D eigenvalue weighted by atomic mass is 35.5. The molecule has 0 unspecified atom stereocenters. The van der Waals surface area contributed by atoms with Crippen molar-refractivity contribution in [2.75, 3.05) is 48.3 Å². The van der Waals surface area contributed by atoms with E-state index in [9.17, 15) is 0 Å². The van der Waals surface area contributed by atoms with Crippen LogP contribution in [0.4, 0.5) is 17.3 Å². The Morgan fingerprint density at radius 2 is 1.91 bits per heavy atom. The number of hydrogen-bond acceptors (Lipinski definition) is 6. The van der Waals surface area contributed by atoms with Gasteiger partial charge in [-0.05, 0) is 12.8 Å². The third kappa shape index (κ3) is 2.81. The van der Waals surface area contributed by atoms with E-state index >= 15 is 0 Å². The van der Waals surface area contributed by atoms with Gasteiger partial charge in [0, 0.05) is 50.9 Å². The molecule has 0 aromatic carbocycles. The highest BCUT2D eigenvalue weighted by Gasteiger charge is 2.27. The predicted molar refractivity (Wildman–Crippen MR) is 91.6 cm³/mol. The van der Waals surface area contributed by atoms with Gasteiger partial charge in [-0.25, -0.2) is 9.97 Å². The molecule has 1 saturated heterocycles. The molecule has 1 aliphatic heterocycles. The van der Waals surface area contributed by atoms with Crippen LogP contribution in [0.15, 0.2) is 12.4 Å². The fourth-order valence-corrected chi connectivity index (χ4v) is 3.27. The van der Waals surface area contributed by atoms with Crippen LogP contribution in [0, 0.1) is 0 Å². The van der Waals surface area contributed by atoms with Crippen LogP contribution >= 0.6 is 11.6 Å². The number of piperazine rings is 1. The molecule has 7 nitrogen and oxygen atoms in total. The van der Waals surface area contributed by atoms with Gasteiger partial charge in [0.1, 0.15) is 12.0 Å². The van der Waals surface area contributed by atoms with Crippen molar-refractivity contribution < 1.29 is 0 Å². The van der Waals surface area contributed by atoms with E-state index in [1.807, 2.05) is 7.05 Å². The number of nitrogens with zero attached hydrogens (tertiary/aromatic N) is 5. The number of anilines is 3. The smallest absolute Gasteiger partial charge is 0.157 e. The van der Waals surface area contributed by atoms with E-state index in [4.69, 9.17) is 11.6 Å². The molecule has 0 atom stereocenters. The van der Waals surface area contributed by atoms with E-state index in [1.54, 1.807) is 0 Å². The van der Waals surface area contributed by atoms with Crippen molar-refractivity contribution in [3.63, 3.8) is 0 Å². The molecule has 0 radical (unpaired) electrons. The van der Waals surface area contributed by atoms with Crippen molar-refractivity contribution in [3.8, 4) is 0 Å². The van der Waals surface area contributed by atoms with Crippen molar-refractivity contribution in [2.45, 2.75) is 18.8 Å². The van der Waals surface area contributed by atoms with Crippen LogP contribution in [-0.4, -0.2) is 53.4 Å². The summed E-state index contributed by atoms with van der Waals surface area (Å²) in [6, 6.07) is 2.20. The molecule has 0 spiro atoms. The maximum Gasteiger partial charge on any atom is 0.157 e. The SMILES string of the molecule is CNc1c(Cl)ncnc1N1CCN(c2cc(C3CC3)[nH]n2)CC1. The van der Waals surface area contributed by atoms with E-state index in [-0.39, 0.29) is 0 Å². The van der Waals surface area contributed by atoms with Gasteiger partial charge in [-0.1, -0.05) is 11.6 Å². The second-order valence-electron chi connectivity index (χ2n) is 6.04. The first kappa shape index (κ1) is 14.6. The quantitative estimate of drug-likeness (QED) is 0.835. The first-order chi connectivity index (χ1) is 11.3. The number of rotatable bonds is 4. The summed E-state index contributed by atoms with van der Waals surface area (Å²) in [5.41, 5.74) is 2.07. The summed E-state index contributed by atoms with van der Waals surface area (Å²) >= 11 is 6.15. The summed E-state index contributed by atoms with van der Waals surface area (Å²) < 4.78 is 0. The molecule has 8 heteroatoms. The van der Waals surface area contributed by atoms with Gasteiger partial charge in [0.25, 0.3) is 0 Å². The lowest BCUT2D eigenvalue weighted by Crippen LogP contribution is -2.47. The van der Waals surface area contributed by atoms with E-state index in [1.165, 1.54) is 24.9 Å². The number of hydrogen-bond donors (Lipinski definition) is 2. The predicted octanol–water partition coefficient (Wildman–Crippen LogP) is 2.10. The fourth-order valence-electron chi connectivity index (χ4n) is 3.05. The number of aromatic amines is 1. The largest absolute Gasteiger partial charge is 0.383 e. The van der Waals surface area contributed by atoms with Gasteiger partial charge in [0.05, 0.1) is 0 Å². The van der Waals surface area contributed by atoms with Gasteiger partial charge in [-0.15, -0.1) is 0 Å². The first-order valence-electron chi connectivity index (χ1n) is 7.99. The Kier molecular flexibility index (Phi) is 3.72. The standard InChI is InChI=1S/C15H20ClN7/c1-17-13-14(16)18-9-19-15(13)23-6-4-22(5-7-23)12-8-11(20-21-12)10-2-3-10/h8-10,17H,2-7H2,1H3,(H,20,21). The zero-order chi connectivity index (χ0) is 15.8. The number of aromatic nitrogens is 4. The van der Waals surface area contributed by atoms with E-state index in [2.05, 4.69) is 41.3 Å². The lowest BCUT2D eigenvalue weighted by Gasteiger charge is -2.36. The summed E-state index contributed by atoms with van der Waals surface area (Å²) in [5, 5.41) is 11.2. The second-order valence-corrected chi connectivity index (χ2v) is 6.40. The third-order valence-electron chi connectivity index (χ3n) is 4.54. The minimum Gasteiger partial charge on any atom is -0.383 e. The highest BCUT2D eigenvalue weighted by Crippen LogP contribution is 2.40. The van der Waals surface area contributed by atoms with Gasteiger partial charge >= 0.3 is 0 Å². The van der Waals surface area contributed by atoms with Gasteiger partial charge in [0.2, 0.25) is 0 Å². The number of H-pyrrole nitrogens is 1. The Balaban J connectivity index is 1.45. The van der Waals surface area contributed by atoms with Crippen molar-refractivity contribution >= 4 is 28.9 Å². The number of halogens is 1. The molecule has 0 bridgehead atoms. The molecule has 122 valence electrons. The third-order valence-corrected chi connectivity index (χ3v) is 4.82. The average molecular weight is 334 g/mol. The van der Waals surface area contributed by atoms with E-state index in [0.717, 1.165) is 43.5 Å². The molecular formula is C15H20ClN7. The van der Waals surface area contributed by atoms with Crippen LogP contribution in [0.2, 0.25) is 5.15 Å². The lowest BCUT2D eigenvalue weighted by molar-refractivity contribution is 0.641. The van der Waals surface area contributed by atoms with Crippen LogP contribution < -0.4 is 15.1 Å². The van der Waals surface area contributed by atoms with Crippen molar-refractivity contribution in [2.24, 2.45) is 0 Å². The molecule has 2 N–H and O–H groups in total. The zero-order valence-electron chi connectivity index (χ0n) is 13.1. The minimum absolute atomic E-state index is 0.460. The van der Waals surface area contributed by atoms with Crippen molar-refractivity contribution in [3.05, 3.63) is 23.2 Å². The summed E-state index contributed by atoms with van der Waals surface area (Å²) in [6.45, 7) is 3.60. The van der Waals surface area contributed by atoms with Crippen LogP contribution in [0.1, 0.15) is 24.5 Å². The molecule has 2 aromatic rings. The Bertz CT molecular complexity index is 689. The first-order valence-corrected chi connectivity index (χ1v) is 8.37. The van der Waals surface area contributed by atoms with Crippen molar-refractivity contribution in [1.82, 2.24) is 20.2 Å². The Labute approximate surface area is 140 Å². The summed E-state index contributed by atoms with van der Waals surface area (Å²) in [4.78, 5) is 13.0. The molecule has 1 saturated carbocycles. The van der Waals surface area contributed by atoms with Crippen molar-refractivity contribution in [1.29, 1.82) is 0 Å². The fraction of sp³-hybridized carbons (Fsp3) is 0.533. The Hall–Kier alpha value is -2.02. The van der Waals surface area contributed by atoms with Crippen LogP contribution in [0.3, 0.4) is 0 Å². The summed E-state index contributed by atoms with van der Waals surface area (Å²) in [7, 11) is 1.84. The van der Waals surface area contributed by atoms with Gasteiger partial charge < -0.3 is 15.1 Å². The van der Waals surface area contributed by atoms with Gasteiger partial charge in [-0.3, -0.25) is 5.10 Å². The average Bonchev–Trinajstić information content (AvgIpc) is 3.32. The van der Waals surface area contributed by atoms with Crippen LogP contribution in [0.25, 0.3) is 0 Å². The van der Waals surface area contributed by atoms with Gasteiger partial charge in [0.15, 0.2) is 16.8 Å². The Morgan fingerprint density at radius 1 is 1.17 bits per heavy atom. The van der Waals surface area contributed by atoms with Crippen LogP contribution in [-0.2, 0) is 0 Å². The molecule has 0 amide bonds. The Morgan fingerprint density at radius 3 is 2.61 bits per heavy atom. The van der Waals surface area contributed by atoms with E-state index < -0.39 is 0 Å². The number of nitrogens with one attached hydrogen (secondary N) is 2. The molecule has 2 aromatic heterocycles. The summed E-state index contributed by atoms with van der Waals surface area (Å²) in [5.74, 6) is 2.63. The molecule has 4 rings (SSSR count). The monoisotopic (exact) mass is 333 g/mol. The van der Waals surface area contributed by atoms with E-state index in [0.29, 0.717) is 11.1 Å². The zero-order valence-corrected chi connectivity index (χ0v) is 13.8. The highest BCUT2D eigenvalue weighted by molar-refractivity contribution is 6.32. The molecule has 2 fully saturated rings. The molecule has 23 heavy (non-hydrogen) atoms. The summed E-state index contributed by atoms with van der Waals surface area (Å²) in [6.07, 6.45) is 4.09. The maximum absolute atomic E-state index is 6.15. The van der Waals surface area contributed by atoms with Gasteiger partial charge in [-0.2, -0.15) is 5.10 Å². The molecular weight excluding hydrogens is 314 g/mol. The maximum atomic E-state index is 6.15. The topological polar surface area (TPSA) is 73.0 Å². The molecule has 1 aliphatic carbocycles. The molecule has 2 aliphatic rings. The lowest BCUT2D eigenvalue weighted by atomic mass is 10.2. The second kappa shape index (κ2) is 5.88. The normalized spacial score (nSPS) is 18.3.